The van der Waals surface area contributed by atoms with E-state index in [-0.39, 0.29) is 0 Å². The molecule has 0 spiro atoms. The Hall–Kier alpha value is 0.310. The molecular formula is C13H25NS. The highest BCUT2D eigenvalue weighted by molar-refractivity contribution is 8.00. The fraction of sp³-hybridized carbons (Fsp3) is 1.00. The molecule has 2 rings (SSSR count). The van der Waals surface area contributed by atoms with E-state index >= 15 is 0 Å². The molecule has 1 aliphatic heterocycles. The van der Waals surface area contributed by atoms with Gasteiger partial charge in [-0.25, -0.2) is 0 Å². The van der Waals surface area contributed by atoms with Gasteiger partial charge in [-0.05, 0) is 50.3 Å². The monoisotopic (exact) mass is 227 g/mol. The molecule has 4 atom stereocenters. The Labute approximate surface area is 98.8 Å². The molecule has 1 N–H and O–H groups in total. The number of hydrogen-bond donors (Lipinski definition) is 1. The van der Waals surface area contributed by atoms with E-state index in [9.17, 15) is 0 Å². The minimum absolute atomic E-state index is 0.792. The Morgan fingerprint density at radius 3 is 2.67 bits per heavy atom. The lowest BCUT2D eigenvalue weighted by molar-refractivity contribution is 0.224. The Kier molecular flexibility index (Phi) is 4.39. The first kappa shape index (κ1) is 11.8. The molecule has 2 heteroatoms. The molecule has 1 heterocycles. The van der Waals surface area contributed by atoms with Crippen LogP contribution in [0.25, 0.3) is 0 Å². The zero-order valence-electron chi connectivity index (χ0n) is 10.2. The largest absolute Gasteiger partial charge is 0.316 e. The second-order valence-electron chi connectivity index (χ2n) is 5.40. The summed E-state index contributed by atoms with van der Waals surface area (Å²) in [5.41, 5.74) is 0. The van der Waals surface area contributed by atoms with Gasteiger partial charge in [0.2, 0.25) is 0 Å². The van der Waals surface area contributed by atoms with Gasteiger partial charge in [-0.2, -0.15) is 11.8 Å². The lowest BCUT2D eigenvalue weighted by atomic mass is 9.77. The summed E-state index contributed by atoms with van der Waals surface area (Å²) in [5.74, 6) is 3.31. The average molecular weight is 227 g/mol. The predicted molar refractivity (Wildman–Crippen MR) is 69.4 cm³/mol. The van der Waals surface area contributed by atoms with Crippen molar-refractivity contribution in [1.29, 1.82) is 0 Å². The van der Waals surface area contributed by atoms with Crippen LogP contribution in [-0.4, -0.2) is 24.1 Å². The van der Waals surface area contributed by atoms with Crippen LogP contribution < -0.4 is 5.32 Å². The summed E-state index contributed by atoms with van der Waals surface area (Å²) in [4.78, 5) is 0. The van der Waals surface area contributed by atoms with Gasteiger partial charge in [-0.1, -0.05) is 19.8 Å². The number of hydrogen-bond acceptors (Lipinski definition) is 2. The van der Waals surface area contributed by atoms with Gasteiger partial charge >= 0.3 is 0 Å². The molecule has 2 fully saturated rings. The van der Waals surface area contributed by atoms with Gasteiger partial charge in [-0.15, -0.1) is 0 Å². The van der Waals surface area contributed by atoms with Crippen LogP contribution >= 0.6 is 11.8 Å². The van der Waals surface area contributed by atoms with E-state index in [1.54, 1.807) is 0 Å². The third-order valence-corrected chi connectivity index (χ3v) is 5.67. The molecule has 88 valence electrons. The first-order valence-electron chi connectivity index (χ1n) is 6.60. The second kappa shape index (κ2) is 5.58. The van der Waals surface area contributed by atoms with Crippen molar-refractivity contribution in [2.24, 2.45) is 11.8 Å². The fourth-order valence-electron chi connectivity index (χ4n) is 3.42. The molecule has 2 aliphatic rings. The Balaban J connectivity index is 1.92. The van der Waals surface area contributed by atoms with Gasteiger partial charge in [0.25, 0.3) is 0 Å². The summed E-state index contributed by atoms with van der Waals surface area (Å²) in [7, 11) is 2.17. The van der Waals surface area contributed by atoms with Crippen molar-refractivity contribution >= 4 is 11.8 Å². The van der Waals surface area contributed by atoms with E-state index in [1.807, 2.05) is 0 Å². The van der Waals surface area contributed by atoms with Crippen LogP contribution in [0.5, 0.6) is 0 Å². The van der Waals surface area contributed by atoms with Crippen molar-refractivity contribution in [1.82, 2.24) is 5.32 Å². The van der Waals surface area contributed by atoms with Crippen LogP contribution in [0.2, 0.25) is 0 Å². The van der Waals surface area contributed by atoms with E-state index in [2.05, 4.69) is 31.1 Å². The predicted octanol–water partition coefficient (Wildman–Crippen LogP) is 3.30. The molecule has 15 heavy (non-hydrogen) atoms. The molecule has 0 aromatic heterocycles. The van der Waals surface area contributed by atoms with E-state index in [1.165, 1.54) is 44.3 Å². The first-order chi connectivity index (χ1) is 7.31. The number of thioether (sulfide) groups is 1. The molecule has 0 aromatic carbocycles. The maximum absolute atomic E-state index is 3.61. The number of rotatable bonds is 3. The van der Waals surface area contributed by atoms with Crippen molar-refractivity contribution in [3.05, 3.63) is 0 Å². The Morgan fingerprint density at radius 2 is 2.07 bits per heavy atom. The Morgan fingerprint density at radius 1 is 1.20 bits per heavy atom. The highest BCUT2D eigenvalue weighted by Crippen LogP contribution is 2.38. The van der Waals surface area contributed by atoms with Crippen molar-refractivity contribution in [2.75, 3.05) is 12.8 Å². The van der Waals surface area contributed by atoms with Gasteiger partial charge in [0.1, 0.15) is 0 Å². The minimum atomic E-state index is 0.792. The summed E-state index contributed by atoms with van der Waals surface area (Å²) in [5, 5.41) is 4.52. The number of nitrogens with one attached hydrogen (secondary N) is 1. The molecule has 0 aromatic rings. The van der Waals surface area contributed by atoms with Crippen LogP contribution in [0.4, 0.5) is 0 Å². The van der Waals surface area contributed by atoms with Gasteiger partial charge in [0.15, 0.2) is 0 Å². The minimum Gasteiger partial charge on any atom is -0.316 e. The van der Waals surface area contributed by atoms with Crippen molar-refractivity contribution in [3.8, 4) is 0 Å². The van der Waals surface area contributed by atoms with Crippen molar-refractivity contribution in [3.63, 3.8) is 0 Å². The third kappa shape index (κ3) is 2.91. The van der Waals surface area contributed by atoms with Crippen LogP contribution in [-0.2, 0) is 0 Å². The molecular weight excluding hydrogens is 202 g/mol. The maximum atomic E-state index is 3.61. The molecule has 0 bridgehead atoms. The van der Waals surface area contributed by atoms with E-state index in [4.69, 9.17) is 0 Å². The first-order valence-corrected chi connectivity index (χ1v) is 7.65. The summed E-state index contributed by atoms with van der Waals surface area (Å²) < 4.78 is 0. The standard InChI is InChI=1S/C13H25NS/c1-10-5-3-6-11(9-10)13(14-2)12-7-4-8-15-12/h10-14H,3-9H2,1-2H3. The second-order valence-corrected chi connectivity index (χ2v) is 6.74. The molecule has 4 unspecified atom stereocenters. The molecule has 1 saturated carbocycles. The van der Waals surface area contributed by atoms with Crippen LogP contribution in [0, 0.1) is 11.8 Å². The van der Waals surface area contributed by atoms with E-state index < -0.39 is 0 Å². The van der Waals surface area contributed by atoms with E-state index in [0.717, 1.165) is 23.1 Å². The average Bonchev–Trinajstić information content (AvgIpc) is 2.72. The van der Waals surface area contributed by atoms with Crippen LogP contribution in [0.1, 0.15) is 45.4 Å². The zero-order valence-corrected chi connectivity index (χ0v) is 11.0. The molecule has 1 saturated heterocycles. The quantitative estimate of drug-likeness (QED) is 0.794. The summed E-state index contributed by atoms with van der Waals surface area (Å²) in [6.45, 7) is 2.43. The fourth-order valence-corrected chi connectivity index (χ4v) is 4.95. The Bertz CT molecular complexity index is 189. The van der Waals surface area contributed by atoms with Crippen molar-refractivity contribution < 1.29 is 0 Å². The normalized spacial score (nSPS) is 39.2. The summed E-state index contributed by atoms with van der Waals surface area (Å²) in [6, 6.07) is 0.792. The van der Waals surface area contributed by atoms with Gasteiger partial charge in [0.05, 0.1) is 0 Å². The highest BCUT2D eigenvalue weighted by Gasteiger charge is 2.33. The SMILES string of the molecule is CNC(C1CCCC(C)C1)C1CCCS1. The van der Waals surface area contributed by atoms with Crippen LogP contribution in [0.15, 0.2) is 0 Å². The van der Waals surface area contributed by atoms with Gasteiger partial charge in [0, 0.05) is 11.3 Å². The summed E-state index contributed by atoms with van der Waals surface area (Å²) >= 11 is 2.21. The lowest BCUT2D eigenvalue weighted by Gasteiger charge is -2.36. The topological polar surface area (TPSA) is 12.0 Å². The summed E-state index contributed by atoms with van der Waals surface area (Å²) in [6.07, 6.45) is 8.73. The van der Waals surface area contributed by atoms with Crippen molar-refractivity contribution in [2.45, 2.75) is 56.7 Å². The third-order valence-electron chi connectivity index (χ3n) is 4.18. The maximum Gasteiger partial charge on any atom is 0.0211 e. The smallest absolute Gasteiger partial charge is 0.0211 e. The molecule has 1 aliphatic carbocycles. The van der Waals surface area contributed by atoms with E-state index in [0.29, 0.717) is 0 Å². The zero-order chi connectivity index (χ0) is 10.7. The molecule has 0 radical (unpaired) electrons. The van der Waals surface area contributed by atoms with Gasteiger partial charge < -0.3 is 5.32 Å². The highest BCUT2D eigenvalue weighted by atomic mass is 32.2. The molecule has 1 nitrogen and oxygen atoms in total. The van der Waals surface area contributed by atoms with Gasteiger partial charge in [-0.3, -0.25) is 0 Å². The molecule has 0 amide bonds. The van der Waals surface area contributed by atoms with Crippen LogP contribution in [0.3, 0.4) is 0 Å². The lowest BCUT2D eigenvalue weighted by Crippen LogP contribution is -2.42.